The molecule has 2 aromatic carbocycles. The Labute approximate surface area is 130 Å². The highest BCUT2D eigenvalue weighted by Gasteiger charge is 2.27. The molecule has 0 fully saturated rings. The molecule has 0 unspecified atom stereocenters. The van der Waals surface area contributed by atoms with Gasteiger partial charge in [0.2, 0.25) is 5.91 Å². The lowest BCUT2D eigenvalue weighted by molar-refractivity contribution is -0.144. The first-order valence-electron chi connectivity index (χ1n) is 7.24. The molecule has 0 heterocycles. The topological polar surface area (TPSA) is 57.6 Å². The molecular weight excluding hydrogens is 278 g/mol. The minimum atomic E-state index is -1.00. The van der Waals surface area contributed by atoms with Gasteiger partial charge in [-0.15, -0.1) is 0 Å². The van der Waals surface area contributed by atoms with Gasteiger partial charge in [-0.25, -0.2) is 0 Å². The fourth-order valence-corrected chi connectivity index (χ4v) is 2.46. The summed E-state index contributed by atoms with van der Waals surface area (Å²) in [5.74, 6) is -1.68. The van der Waals surface area contributed by atoms with Crippen LogP contribution in [0.25, 0.3) is 0 Å². The van der Waals surface area contributed by atoms with Gasteiger partial charge in [0.1, 0.15) is 6.54 Å². The minimum absolute atomic E-state index is 0.192. The maximum absolute atomic E-state index is 12.9. The van der Waals surface area contributed by atoms with Gasteiger partial charge in [-0.05, 0) is 18.1 Å². The molecule has 114 valence electrons. The molecule has 0 saturated heterocycles. The Kier molecular flexibility index (Phi) is 5.31. The number of carbonyl (C=O) groups excluding carboxylic acids is 1. The fourth-order valence-electron chi connectivity index (χ4n) is 2.46. The maximum atomic E-state index is 12.9. The van der Waals surface area contributed by atoms with Gasteiger partial charge in [0.05, 0.1) is 5.92 Å². The van der Waals surface area contributed by atoms with Crippen LogP contribution in [0.2, 0.25) is 0 Å². The number of carboxylic acid groups (broad SMARTS) is 1. The molecule has 0 aromatic heterocycles. The van der Waals surface area contributed by atoms with E-state index in [4.69, 9.17) is 5.11 Å². The molecule has 1 N–H and O–H groups in total. The van der Waals surface area contributed by atoms with Gasteiger partial charge in [0, 0.05) is 6.54 Å². The van der Waals surface area contributed by atoms with Crippen LogP contribution >= 0.6 is 0 Å². The number of aliphatic carboxylic acids is 1. The molecule has 0 spiro atoms. The molecule has 4 heteroatoms. The zero-order valence-corrected chi connectivity index (χ0v) is 12.5. The number of carbonyl (C=O) groups is 2. The molecule has 0 aliphatic rings. The van der Waals surface area contributed by atoms with Crippen molar-refractivity contribution in [1.82, 2.24) is 4.90 Å². The van der Waals surface area contributed by atoms with Crippen molar-refractivity contribution in [1.29, 1.82) is 0 Å². The second-order valence-corrected chi connectivity index (χ2v) is 5.00. The Morgan fingerprint density at radius 1 is 0.955 bits per heavy atom. The Balaban J connectivity index is 2.40. The predicted octanol–water partition coefficient (Wildman–Crippen LogP) is 2.75. The van der Waals surface area contributed by atoms with E-state index in [0.29, 0.717) is 6.54 Å². The summed E-state index contributed by atoms with van der Waals surface area (Å²) < 4.78 is 0. The van der Waals surface area contributed by atoms with Crippen LogP contribution in [0.1, 0.15) is 24.0 Å². The molecule has 0 saturated carbocycles. The van der Waals surface area contributed by atoms with Crippen molar-refractivity contribution in [2.24, 2.45) is 0 Å². The molecule has 1 amide bonds. The van der Waals surface area contributed by atoms with Crippen molar-refractivity contribution in [3.05, 3.63) is 71.8 Å². The van der Waals surface area contributed by atoms with Crippen LogP contribution in [0.3, 0.4) is 0 Å². The van der Waals surface area contributed by atoms with Crippen molar-refractivity contribution in [3.63, 3.8) is 0 Å². The maximum Gasteiger partial charge on any atom is 0.323 e. The molecule has 0 aliphatic heterocycles. The summed E-state index contributed by atoms with van der Waals surface area (Å²) in [4.78, 5) is 25.2. The van der Waals surface area contributed by atoms with E-state index in [2.05, 4.69) is 0 Å². The summed E-state index contributed by atoms with van der Waals surface area (Å²) in [6, 6.07) is 18.9. The third-order valence-corrected chi connectivity index (χ3v) is 3.53. The van der Waals surface area contributed by atoms with Crippen LogP contribution in [0.5, 0.6) is 0 Å². The van der Waals surface area contributed by atoms with Crippen LogP contribution in [0.4, 0.5) is 0 Å². The number of hydrogen-bond acceptors (Lipinski definition) is 2. The zero-order chi connectivity index (χ0) is 15.9. The molecule has 0 atom stereocenters. The average Bonchev–Trinajstić information content (AvgIpc) is 2.54. The number of carboxylic acids is 1. The van der Waals surface area contributed by atoms with Crippen molar-refractivity contribution >= 4 is 11.9 Å². The second kappa shape index (κ2) is 7.41. The first-order valence-corrected chi connectivity index (χ1v) is 7.24. The summed E-state index contributed by atoms with van der Waals surface area (Å²) in [7, 11) is 0. The highest BCUT2D eigenvalue weighted by Crippen LogP contribution is 2.26. The second-order valence-electron chi connectivity index (χ2n) is 5.00. The quantitative estimate of drug-likeness (QED) is 0.892. The monoisotopic (exact) mass is 297 g/mol. The van der Waals surface area contributed by atoms with Crippen LogP contribution in [0.15, 0.2) is 60.7 Å². The van der Waals surface area contributed by atoms with E-state index in [9.17, 15) is 9.59 Å². The first-order chi connectivity index (χ1) is 10.6. The van der Waals surface area contributed by atoms with Crippen molar-refractivity contribution in [2.75, 3.05) is 13.1 Å². The van der Waals surface area contributed by atoms with E-state index in [0.717, 1.165) is 11.1 Å². The molecule has 0 bridgehead atoms. The van der Waals surface area contributed by atoms with Gasteiger partial charge in [-0.1, -0.05) is 60.7 Å². The Morgan fingerprint density at radius 3 is 1.77 bits per heavy atom. The molecule has 22 heavy (non-hydrogen) atoms. The van der Waals surface area contributed by atoms with E-state index in [1.54, 1.807) is 6.92 Å². The molecule has 0 aliphatic carbocycles. The van der Waals surface area contributed by atoms with Gasteiger partial charge >= 0.3 is 5.97 Å². The number of nitrogens with zero attached hydrogens (tertiary/aromatic N) is 1. The lowest BCUT2D eigenvalue weighted by Gasteiger charge is -2.25. The molecular formula is C18H19NO3. The first kappa shape index (κ1) is 15.8. The van der Waals surface area contributed by atoms with Crippen LogP contribution < -0.4 is 0 Å². The normalized spacial score (nSPS) is 10.5. The van der Waals surface area contributed by atoms with E-state index in [1.807, 2.05) is 60.7 Å². The van der Waals surface area contributed by atoms with Crippen molar-refractivity contribution in [2.45, 2.75) is 12.8 Å². The van der Waals surface area contributed by atoms with E-state index < -0.39 is 11.9 Å². The number of amides is 1. The Bertz CT molecular complexity index is 586. The summed E-state index contributed by atoms with van der Waals surface area (Å²) in [5, 5.41) is 8.99. The van der Waals surface area contributed by atoms with Gasteiger partial charge < -0.3 is 10.0 Å². The van der Waals surface area contributed by atoms with Crippen LogP contribution in [-0.2, 0) is 9.59 Å². The third kappa shape index (κ3) is 3.73. The number of benzene rings is 2. The molecule has 2 aromatic rings. The summed E-state index contributed by atoms with van der Waals surface area (Å²) in [5.41, 5.74) is 1.73. The third-order valence-electron chi connectivity index (χ3n) is 3.53. The van der Waals surface area contributed by atoms with Crippen LogP contribution in [0, 0.1) is 0 Å². The fraction of sp³-hybridized carbons (Fsp3) is 0.222. The van der Waals surface area contributed by atoms with Gasteiger partial charge in [0.15, 0.2) is 0 Å². The van der Waals surface area contributed by atoms with E-state index in [1.165, 1.54) is 4.90 Å². The Hall–Kier alpha value is -2.62. The predicted molar refractivity (Wildman–Crippen MR) is 84.6 cm³/mol. The van der Waals surface area contributed by atoms with E-state index >= 15 is 0 Å². The lowest BCUT2D eigenvalue weighted by Crippen LogP contribution is -2.39. The van der Waals surface area contributed by atoms with Crippen molar-refractivity contribution in [3.8, 4) is 0 Å². The molecule has 2 rings (SSSR count). The molecule has 0 radical (unpaired) electrons. The van der Waals surface area contributed by atoms with Gasteiger partial charge in [-0.2, -0.15) is 0 Å². The van der Waals surface area contributed by atoms with Crippen LogP contribution in [-0.4, -0.2) is 35.0 Å². The standard InChI is InChI=1S/C18H19NO3/c1-2-19(13-16(20)21)18(22)17(14-9-5-3-6-10-14)15-11-7-4-8-12-15/h3-12,17H,2,13H2,1H3,(H,20,21). The van der Waals surface area contributed by atoms with E-state index in [-0.39, 0.29) is 12.5 Å². The summed E-state index contributed by atoms with van der Waals surface area (Å²) >= 11 is 0. The van der Waals surface area contributed by atoms with Crippen molar-refractivity contribution < 1.29 is 14.7 Å². The highest BCUT2D eigenvalue weighted by atomic mass is 16.4. The minimum Gasteiger partial charge on any atom is -0.480 e. The van der Waals surface area contributed by atoms with Gasteiger partial charge in [-0.3, -0.25) is 9.59 Å². The van der Waals surface area contributed by atoms with Gasteiger partial charge in [0.25, 0.3) is 0 Å². The number of likely N-dealkylation sites (N-methyl/N-ethyl adjacent to an activating group) is 1. The molecule has 4 nitrogen and oxygen atoms in total. The summed E-state index contributed by atoms with van der Waals surface area (Å²) in [6.07, 6.45) is 0. The number of hydrogen-bond donors (Lipinski definition) is 1. The average molecular weight is 297 g/mol. The zero-order valence-electron chi connectivity index (χ0n) is 12.5. The smallest absolute Gasteiger partial charge is 0.323 e. The largest absolute Gasteiger partial charge is 0.480 e. The SMILES string of the molecule is CCN(CC(=O)O)C(=O)C(c1ccccc1)c1ccccc1. The number of rotatable bonds is 6. The lowest BCUT2D eigenvalue weighted by atomic mass is 9.90. The summed E-state index contributed by atoms with van der Waals surface area (Å²) in [6.45, 7) is 1.86. The highest BCUT2D eigenvalue weighted by molar-refractivity contribution is 5.89. The Morgan fingerprint density at radius 2 is 1.41 bits per heavy atom.